The van der Waals surface area contributed by atoms with Crippen molar-refractivity contribution in [3.63, 3.8) is 0 Å². The van der Waals surface area contributed by atoms with Crippen LogP contribution in [-0.4, -0.2) is 11.2 Å². The van der Waals surface area contributed by atoms with Crippen LogP contribution in [0.3, 0.4) is 0 Å². The van der Waals surface area contributed by atoms with Crippen LogP contribution in [0, 0.1) is 6.92 Å². The summed E-state index contributed by atoms with van der Waals surface area (Å²) in [6.45, 7) is 1.94. The number of nitrogens with zero attached hydrogens (tertiary/aromatic N) is 2. The van der Waals surface area contributed by atoms with Gasteiger partial charge in [0, 0.05) is 20.4 Å². The fourth-order valence-electron chi connectivity index (χ4n) is 1.18. The summed E-state index contributed by atoms with van der Waals surface area (Å²) < 4.78 is 0.947. The first-order chi connectivity index (χ1) is 8.15. The first-order valence-corrected chi connectivity index (χ1v) is 6.86. The molecular weight excluding hydrogens is 322 g/mol. The zero-order valence-electron chi connectivity index (χ0n) is 8.95. The van der Waals surface area contributed by atoms with Crippen molar-refractivity contribution in [2.45, 2.75) is 6.92 Å². The van der Waals surface area contributed by atoms with Crippen molar-refractivity contribution in [1.82, 2.24) is 4.98 Å². The fourth-order valence-corrected chi connectivity index (χ4v) is 2.34. The van der Waals surface area contributed by atoms with Crippen molar-refractivity contribution in [3.05, 3.63) is 44.3 Å². The van der Waals surface area contributed by atoms with Gasteiger partial charge in [0.05, 0.1) is 11.9 Å². The molecule has 1 aromatic carbocycles. The molecule has 0 bridgehead atoms. The minimum absolute atomic E-state index is 0.680. The number of anilines is 1. The molecule has 88 valence electrons. The molecule has 3 nitrogen and oxygen atoms in total. The third-order valence-electron chi connectivity index (χ3n) is 1.94. The summed E-state index contributed by atoms with van der Waals surface area (Å²) in [5.74, 6) is 0. The fraction of sp³-hybridized carbons (Fsp3) is 0.0909. The normalized spacial score (nSPS) is 11.0. The number of benzene rings is 1. The highest BCUT2D eigenvalue weighted by Gasteiger charge is 1.98. The van der Waals surface area contributed by atoms with E-state index < -0.39 is 0 Å². The van der Waals surface area contributed by atoms with Crippen LogP contribution in [0.2, 0.25) is 5.02 Å². The molecule has 0 saturated heterocycles. The Morgan fingerprint density at radius 1 is 1.53 bits per heavy atom. The van der Waals surface area contributed by atoms with Gasteiger partial charge < -0.3 is 0 Å². The zero-order valence-corrected chi connectivity index (χ0v) is 12.1. The Kier molecular flexibility index (Phi) is 4.15. The minimum Gasteiger partial charge on any atom is -0.253 e. The maximum atomic E-state index is 5.90. The molecule has 6 heteroatoms. The van der Waals surface area contributed by atoms with Crippen LogP contribution in [0.1, 0.15) is 11.3 Å². The van der Waals surface area contributed by atoms with E-state index in [1.807, 2.05) is 30.5 Å². The second kappa shape index (κ2) is 5.62. The highest BCUT2D eigenvalue weighted by Crippen LogP contribution is 2.20. The predicted octanol–water partition coefficient (Wildman–Crippen LogP) is 4.31. The van der Waals surface area contributed by atoms with Gasteiger partial charge in [0.1, 0.15) is 0 Å². The van der Waals surface area contributed by atoms with E-state index in [9.17, 15) is 0 Å². The number of aryl methyl sites for hydroxylation is 1. The summed E-state index contributed by atoms with van der Waals surface area (Å²) >= 11 is 10.9. The first-order valence-electron chi connectivity index (χ1n) is 4.81. The van der Waals surface area contributed by atoms with E-state index in [1.54, 1.807) is 6.21 Å². The van der Waals surface area contributed by atoms with Crippen molar-refractivity contribution in [3.8, 4) is 0 Å². The number of hydrazone groups is 1. The lowest BCUT2D eigenvalue weighted by atomic mass is 10.2. The third kappa shape index (κ3) is 3.52. The van der Waals surface area contributed by atoms with Crippen LogP contribution < -0.4 is 5.43 Å². The van der Waals surface area contributed by atoms with E-state index >= 15 is 0 Å². The summed E-state index contributed by atoms with van der Waals surface area (Å²) in [5.41, 5.74) is 4.77. The quantitative estimate of drug-likeness (QED) is 0.672. The molecule has 17 heavy (non-hydrogen) atoms. The number of halogens is 2. The number of rotatable bonds is 3. The van der Waals surface area contributed by atoms with Crippen molar-refractivity contribution >= 4 is 50.2 Å². The van der Waals surface area contributed by atoms with E-state index in [0.29, 0.717) is 5.02 Å². The van der Waals surface area contributed by atoms with Gasteiger partial charge in [-0.15, -0.1) is 11.3 Å². The number of aromatic nitrogens is 1. The molecule has 2 aromatic rings. The maximum Gasteiger partial charge on any atom is 0.203 e. The van der Waals surface area contributed by atoms with E-state index in [-0.39, 0.29) is 0 Å². The average Bonchev–Trinajstić information content (AvgIpc) is 2.69. The van der Waals surface area contributed by atoms with Gasteiger partial charge in [-0.1, -0.05) is 27.5 Å². The largest absolute Gasteiger partial charge is 0.253 e. The van der Waals surface area contributed by atoms with Crippen LogP contribution >= 0.6 is 38.9 Å². The standard InChI is InChI=1S/C11H9BrClN3S/c1-7-6-17-11(15-7)16-14-5-8-4-9(13)2-3-10(8)12/h2-6H,1H3,(H,15,16). The first kappa shape index (κ1) is 12.5. The van der Waals surface area contributed by atoms with Crippen LogP contribution in [0.15, 0.2) is 33.2 Å². The second-order valence-electron chi connectivity index (χ2n) is 3.33. The van der Waals surface area contributed by atoms with Crippen LogP contribution in [0.4, 0.5) is 5.13 Å². The Balaban J connectivity index is 2.07. The minimum atomic E-state index is 0.680. The molecule has 0 aliphatic heterocycles. The van der Waals surface area contributed by atoms with Crippen LogP contribution in [0.5, 0.6) is 0 Å². The van der Waals surface area contributed by atoms with E-state index in [4.69, 9.17) is 11.6 Å². The molecule has 0 spiro atoms. The zero-order chi connectivity index (χ0) is 12.3. The molecule has 1 N–H and O–H groups in total. The SMILES string of the molecule is Cc1csc(NN=Cc2cc(Cl)ccc2Br)n1. The van der Waals surface area contributed by atoms with Gasteiger partial charge in [-0.25, -0.2) is 4.98 Å². The molecular formula is C11H9BrClN3S. The lowest BCUT2D eigenvalue weighted by Gasteiger charge is -1.98. The van der Waals surface area contributed by atoms with Crippen molar-refractivity contribution in [1.29, 1.82) is 0 Å². The van der Waals surface area contributed by atoms with Crippen LogP contribution in [-0.2, 0) is 0 Å². The molecule has 0 saturated carbocycles. The molecule has 0 unspecified atom stereocenters. The highest BCUT2D eigenvalue weighted by atomic mass is 79.9. The third-order valence-corrected chi connectivity index (χ3v) is 3.76. The maximum absolute atomic E-state index is 5.90. The second-order valence-corrected chi connectivity index (χ2v) is 5.48. The van der Waals surface area contributed by atoms with Gasteiger partial charge in [0.2, 0.25) is 5.13 Å². The summed E-state index contributed by atoms with van der Waals surface area (Å²) in [5, 5.41) is 7.53. The van der Waals surface area contributed by atoms with Crippen molar-refractivity contribution in [2.75, 3.05) is 5.43 Å². The summed E-state index contributed by atoms with van der Waals surface area (Å²) in [6, 6.07) is 5.54. The number of thiazole rings is 1. The highest BCUT2D eigenvalue weighted by molar-refractivity contribution is 9.10. The molecule has 0 amide bonds. The van der Waals surface area contributed by atoms with Gasteiger partial charge in [-0.3, -0.25) is 5.43 Å². The Labute approximate surface area is 117 Å². The summed E-state index contributed by atoms with van der Waals surface area (Å²) in [7, 11) is 0. The Hall–Kier alpha value is -0.910. The summed E-state index contributed by atoms with van der Waals surface area (Å²) in [6.07, 6.45) is 1.70. The van der Waals surface area contributed by atoms with Gasteiger partial charge in [0.25, 0.3) is 0 Å². The lowest BCUT2D eigenvalue weighted by Crippen LogP contribution is -1.91. The van der Waals surface area contributed by atoms with Gasteiger partial charge in [-0.2, -0.15) is 5.10 Å². The predicted molar refractivity (Wildman–Crippen MR) is 77.2 cm³/mol. The van der Waals surface area contributed by atoms with Crippen molar-refractivity contribution < 1.29 is 0 Å². The van der Waals surface area contributed by atoms with Gasteiger partial charge >= 0.3 is 0 Å². The van der Waals surface area contributed by atoms with E-state index in [0.717, 1.165) is 20.9 Å². The number of nitrogens with one attached hydrogen (secondary N) is 1. The molecule has 0 radical (unpaired) electrons. The lowest BCUT2D eigenvalue weighted by molar-refractivity contribution is 1.22. The van der Waals surface area contributed by atoms with E-state index in [1.165, 1.54) is 11.3 Å². The monoisotopic (exact) mass is 329 g/mol. The Morgan fingerprint density at radius 2 is 2.35 bits per heavy atom. The molecule has 2 rings (SSSR count). The van der Waals surface area contributed by atoms with Gasteiger partial charge in [-0.05, 0) is 25.1 Å². The Bertz CT molecular complexity index is 553. The Morgan fingerprint density at radius 3 is 3.06 bits per heavy atom. The topological polar surface area (TPSA) is 37.3 Å². The molecule has 0 atom stereocenters. The molecule has 1 aromatic heterocycles. The average molecular weight is 331 g/mol. The van der Waals surface area contributed by atoms with Crippen molar-refractivity contribution in [2.24, 2.45) is 5.10 Å². The van der Waals surface area contributed by atoms with Gasteiger partial charge in [0.15, 0.2) is 0 Å². The molecule has 0 aliphatic rings. The smallest absolute Gasteiger partial charge is 0.203 e. The molecule has 0 aliphatic carbocycles. The summed E-state index contributed by atoms with van der Waals surface area (Å²) in [4.78, 5) is 4.24. The number of hydrogen-bond acceptors (Lipinski definition) is 4. The molecule has 1 heterocycles. The van der Waals surface area contributed by atoms with Crippen LogP contribution in [0.25, 0.3) is 0 Å². The van der Waals surface area contributed by atoms with E-state index in [2.05, 4.69) is 31.4 Å². The molecule has 0 fully saturated rings. The number of hydrogen-bond donors (Lipinski definition) is 1.